The molecule has 0 unspecified atom stereocenters. The van der Waals surface area contributed by atoms with Crippen LogP contribution in [0.2, 0.25) is 15.1 Å². The third kappa shape index (κ3) is 2.80. The Kier molecular flexibility index (Phi) is 4.66. The minimum absolute atomic E-state index is 0.0343. The maximum Gasteiger partial charge on any atom is 0.338 e. The van der Waals surface area contributed by atoms with E-state index in [4.69, 9.17) is 34.8 Å². The normalized spacial score (nSPS) is 11.3. The molecular formula is C21H15Cl3N2O2. The average Bonchev–Trinajstić information content (AvgIpc) is 2.99. The smallest absolute Gasteiger partial charge is 0.338 e. The van der Waals surface area contributed by atoms with Gasteiger partial charge in [-0.2, -0.15) is 0 Å². The molecule has 0 radical (unpaired) electrons. The summed E-state index contributed by atoms with van der Waals surface area (Å²) in [6.07, 6.45) is 0. The Bertz CT molecular complexity index is 1170. The molecule has 3 aromatic carbocycles. The fraction of sp³-hybridized carbons (Fsp3) is 0.0952. The lowest BCUT2D eigenvalue weighted by molar-refractivity contribution is 0.476. The number of fused-ring (bicyclic) bond motifs is 1. The van der Waals surface area contributed by atoms with Crippen LogP contribution in [0.4, 0.5) is 0 Å². The van der Waals surface area contributed by atoms with Crippen LogP contribution < -0.4 is 5.69 Å². The summed E-state index contributed by atoms with van der Waals surface area (Å²) in [5.41, 5.74) is 3.59. The number of hydrogen-bond donors (Lipinski definition) is 1. The summed E-state index contributed by atoms with van der Waals surface area (Å²) in [6.45, 7) is 3.92. The van der Waals surface area contributed by atoms with Gasteiger partial charge < -0.3 is 5.11 Å². The van der Waals surface area contributed by atoms with E-state index in [-0.39, 0.29) is 26.5 Å². The molecule has 0 saturated carbocycles. The summed E-state index contributed by atoms with van der Waals surface area (Å²) < 4.78 is 2.88. The van der Waals surface area contributed by atoms with Gasteiger partial charge in [-0.05, 0) is 38.1 Å². The lowest BCUT2D eigenvalue weighted by atomic mass is 10.2. The molecule has 0 bridgehead atoms. The van der Waals surface area contributed by atoms with Crippen LogP contribution in [0.5, 0.6) is 5.75 Å². The van der Waals surface area contributed by atoms with Crippen molar-refractivity contribution in [2.75, 3.05) is 0 Å². The summed E-state index contributed by atoms with van der Waals surface area (Å²) in [5, 5.41) is 10.3. The van der Waals surface area contributed by atoms with E-state index >= 15 is 0 Å². The number of hydrogen-bond acceptors (Lipinski definition) is 2. The minimum Gasteiger partial charge on any atom is -0.505 e. The van der Waals surface area contributed by atoms with Crippen molar-refractivity contribution < 1.29 is 5.11 Å². The molecule has 4 nitrogen and oxygen atoms in total. The van der Waals surface area contributed by atoms with E-state index in [1.807, 2.05) is 62.4 Å². The van der Waals surface area contributed by atoms with Gasteiger partial charge in [-0.3, -0.25) is 9.13 Å². The van der Waals surface area contributed by atoms with E-state index in [1.54, 1.807) is 0 Å². The highest BCUT2D eigenvalue weighted by Crippen LogP contribution is 2.45. The molecule has 4 rings (SSSR count). The van der Waals surface area contributed by atoms with Crippen molar-refractivity contribution in [3.8, 4) is 17.1 Å². The van der Waals surface area contributed by atoms with Crippen molar-refractivity contribution >= 4 is 45.8 Å². The van der Waals surface area contributed by atoms with Gasteiger partial charge in [-0.15, -0.1) is 0 Å². The molecule has 28 heavy (non-hydrogen) atoms. The average molecular weight is 434 g/mol. The molecule has 1 N–H and O–H groups in total. The fourth-order valence-electron chi connectivity index (χ4n) is 3.19. The zero-order chi connectivity index (χ0) is 20.2. The topological polar surface area (TPSA) is 47.2 Å². The molecule has 0 spiro atoms. The lowest BCUT2D eigenvalue weighted by Crippen LogP contribution is -2.22. The van der Waals surface area contributed by atoms with Gasteiger partial charge in [-0.25, -0.2) is 4.79 Å². The number of rotatable bonds is 2. The quantitative estimate of drug-likeness (QED) is 0.390. The van der Waals surface area contributed by atoms with Crippen molar-refractivity contribution in [2.24, 2.45) is 0 Å². The lowest BCUT2D eigenvalue weighted by Gasteiger charge is -2.09. The number of imidazole rings is 1. The Morgan fingerprint density at radius 3 is 1.50 bits per heavy atom. The van der Waals surface area contributed by atoms with Gasteiger partial charge in [0.2, 0.25) is 0 Å². The van der Waals surface area contributed by atoms with Crippen LogP contribution in [0.15, 0.2) is 53.3 Å². The molecule has 0 atom stereocenters. The monoisotopic (exact) mass is 432 g/mol. The zero-order valence-corrected chi connectivity index (χ0v) is 17.3. The maximum absolute atomic E-state index is 13.5. The van der Waals surface area contributed by atoms with Crippen LogP contribution in [-0.2, 0) is 0 Å². The Morgan fingerprint density at radius 1 is 0.679 bits per heavy atom. The predicted octanol–water partition coefficient (Wildman–Crippen LogP) is 6.06. The second-order valence-corrected chi connectivity index (χ2v) is 7.75. The highest BCUT2D eigenvalue weighted by molar-refractivity contribution is 6.49. The molecule has 0 saturated heterocycles. The van der Waals surface area contributed by atoms with Crippen molar-refractivity contribution in [1.29, 1.82) is 0 Å². The molecule has 1 aromatic heterocycles. The van der Waals surface area contributed by atoms with Gasteiger partial charge in [0, 0.05) is 0 Å². The third-order valence-corrected chi connectivity index (χ3v) is 5.85. The molecule has 1 heterocycles. The molecule has 0 aliphatic heterocycles. The summed E-state index contributed by atoms with van der Waals surface area (Å²) in [7, 11) is 0. The van der Waals surface area contributed by atoms with Gasteiger partial charge in [0.25, 0.3) is 0 Å². The van der Waals surface area contributed by atoms with Crippen LogP contribution in [0.25, 0.3) is 22.4 Å². The van der Waals surface area contributed by atoms with Gasteiger partial charge >= 0.3 is 5.69 Å². The summed E-state index contributed by atoms with van der Waals surface area (Å²) >= 11 is 19.1. The molecule has 0 amide bonds. The molecular weight excluding hydrogens is 419 g/mol. The first kappa shape index (κ1) is 18.9. The largest absolute Gasteiger partial charge is 0.505 e. The molecule has 7 heteroatoms. The number of phenolic OH excluding ortho intramolecular Hbond substituents is 1. The molecule has 142 valence electrons. The van der Waals surface area contributed by atoms with Crippen LogP contribution in [0.1, 0.15) is 11.1 Å². The molecule has 4 aromatic rings. The van der Waals surface area contributed by atoms with Crippen LogP contribution >= 0.6 is 34.8 Å². The van der Waals surface area contributed by atoms with Crippen molar-refractivity contribution in [3.63, 3.8) is 0 Å². The highest BCUT2D eigenvalue weighted by Gasteiger charge is 2.26. The number of benzene rings is 3. The first-order valence-electron chi connectivity index (χ1n) is 8.48. The number of aryl methyl sites for hydroxylation is 2. The van der Waals surface area contributed by atoms with Gasteiger partial charge in [0.05, 0.1) is 27.4 Å². The van der Waals surface area contributed by atoms with Crippen LogP contribution in [0.3, 0.4) is 0 Å². The fourth-order valence-corrected chi connectivity index (χ4v) is 3.95. The summed E-state index contributed by atoms with van der Waals surface area (Å²) in [4.78, 5) is 13.5. The van der Waals surface area contributed by atoms with E-state index in [0.717, 1.165) is 11.1 Å². The van der Waals surface area contributed by atoms with E-state index in [9.17, 15) is 9.90 Å². The van der Waals surface area contributed by atoms with Gasteiger partial charge in [0.1, 0.15) is 10.0 Å². The van der Waals surface area contributed by atoms with E-state index < -0.39 is 0 Å². The Hall–Kier alpha value is -2.40. The second kappa shape index (κ2) is 6.89. The third-order valence-electron chi connectivity index (χ3n) is 4.66. The van der Waals surface area contributed by atoms with Crippen molar-refractivity contribution in [3.05, 3.63) is 85.2 Å². The number of aromatic nitrogens is 2. The van der Waals surface area contributed by atoms with E-state index in [1.165, 1.54) is 9.13 Å². The Balaban J connectivity index is 2.22. The second-order valence-electron chi connectivity index (χ2n) is 6.61. The van der Waals surface area contributed by atoms with Crippen molar-refractivity contribution in [1.82, 2.24) is 9.13 Å². The number of phenols is 1. The SMILES string of the molecule is Cc1ccc(-n2c(=O)n(-c3ccc(C)cc3)c3c(Cl)c(Cl)c(O)c(Cl)c32)cc1. The molecule has 0 fully saturated rings. The zero-order valence-electron chi connectivity index (χ0n) is 15.0. The summed E-state index contributed by atoms with van der Waals surface area (Å²) in [6, 6.07) is 14.8. The van der Waals surface area contributed by atoms with Crippen molar-refractivity contribution in [2.45, 2.75) is 13.8 Å². The van der Waals surface area contributed by atoms with Gasteiger partial charge in [0.15, 0.2) is 5.75 Å². The first-order valence-corrected chi connectivity index (χ1v) is 9.61. The van der Waals surface area contributed by atoms with Gasteiger partial charge in [-0.1, -0.05) is 70.2 Å². The first-order chi connectivity index (χ1) is 13.3. The Labute approximate surface area is 176 Å². The standard InChI is InChI=1S/C21H15Cl3N2O2/c1-11-3-7-13(8-4-11)25-18-15(22)16(23)20(27)17(24)19(18)26(21(25)28)14-9-5-12(2)6-10-14/h3-10,27H,1-2H3. The highest BCUT2D eigenvalue weighted by atomic mass is 35.5. The summed E-state index contributed by atoms with van der Waals surface area (Å²) in [5.74, 6) is -0.359. The van der Waals surface area contributed by atoms with E-state index in [2.05, 4.69) is 0 Å². The maximum atomic E-state index is 13.5. The number of halogens is 3. The minimum atomic E-state index is -0.367. The number of aromatic hydroxyl groups is 1. The molecule has 0 aliphatic carbocycles. The van der Waals surface area contributed by atoms with E-state index in [0.29, 0.717) is 22.4 Å². The van der Waals surface area contributed by atoms with Crippen LogP contribution in [-0.4, -0.2) is 14.2 Å². The van der Waals surface area contributed by atoms with Crippen LogP contribution in [0, 0.1) is 13.8 Å². The predicted molar refractivity (Wildman–Crippen MR) is 115 cm³/mol. The molecule has 0 aliphatic rings. The Morgan fingerprint density at radius 2 is 1.07 bits per heavy atom. The number of nitrogens with zero attached hydrogens (tertiary/aromatic N) is 2.